The average molecular weight is 390 g/mol. The second-order valence-corrected chi connectivity index (χ2v) is 7.25. The molecular formula is C17H15FN4O2S2. The Morgan fingerprint density at radius 1 is 1.23 bits per heavy atom. The predicted octanol–water partition coefficient (Wildman–Crippen LogP) is 4.16. The number of methoxy groups -OCH3 is 1. The molecular weight excluding hydrogens is 375 g/mol. The summed E-state index contributed by atoms with van der Waals surface area (Å²) in [6, 6.07) is 13.2. The summed E-state index contributed by atoms with van der Waals surface area (Å²) >= 11 is 2.59. The van der Waals surface area contributed by atoms with Crippen LogP contribution in [0.1, 0.15) is 0 Å². The van der Waals surface area contributed by atoms with Gasteiger partial charge in [-0.25, -0.2) is 4.39 Å². The summed E-state index contributed by atoms with van der Waals surface area (Å²) < 4.78 is 19.0. The van der Waals surface area contributed by atoms with Gasteiger partial charge in [-0.05, 0) is 30.3 Å². The van der Waals surface area contributed by atoms with E-state index in [2.05, 4.69) is 20.8 Å². The second-order valence-electron chi connectivity index (χ2n) is 5.05. The Morgan fingerprint density at radius 3 is 2.88 bits per heavy atom. The summed E-state index contributed by atoms with van der Waals surface area (Å²) in [4.78, 5) is 11.9. The second kappa shape index (κ2) is 8.63. The Balaban J connectivity index is 1.54. The van der Waals surface area contributed by atoms with Crippen LogP contribution in [0.4, 0.5) is 20.9 Å². The van der Waals surface area contributed by atoms with Crippen LogP contribution < -0.4 is 15.4 Å². The fourth-order valence-corrected chi connectivity index (χ4v) is 3.64. The van der Waals surface area contributed by atoms with Gasteiger partial charge in [-0.3, -0.25) is 4.79 Å². The van der Waals surface area contributed by atoms with E-state index in [1.165, 1.54) is 35.2 Å². The van der Waals surface area contributed by atoms with Gasteiger partial charge in [-0.15, -0.1) is 10.2 Å². The van der Waals surface area contributed by atoms with E-state index >= 15 is 0 Å². The van der Waals surface area contributed by atoms with E-state index in [4.69, 9.17) is 4.74 Å². The molecule has 0 spiro atoms. The van der Waals surface area contributed by atoms with Crippen LogP contribution in [-0.4, -0.2) is 29.0 Å². The zero-order valence-corrected chi connectivity index (χ0v) is 15.4. The number of carbonyl (C=O) groups is 1. The van der Waals surface area contributed by atoms with Crippen LogP contribution in [-0.2, 0) is 4.79 Å². The fourth-order valence-electron chi connectivity index (χ4n) is 2.07. The lowest BCUT2D eigenvalue weighted by Crippen LogP contribution is -2.13. The fraction of sp³-hybridized carbons (Fsp3) is 0.118. The lowest BCUT2D eigenvalue weighted by molar-refractivity contribution is -0.113. The van der Waals surface area contributed by atoms with Crippen LogP contribution in [0.5, 0.6) is 5.75 Å². The number of aromatic nitrogens is 2. The summed E-state index contributed by atoms with van der Waals surface area (Å²) in [6.45, 7) is 0. The van der Waals surface area contributed by atoms with Crippen molar-refractivity contribution in [2.45, 2.75) is 4.34 Å². The van der Waals surface area contributed by atoms with Gasteiger partial charge in [-0.2, -0.15) is 0 Å². The average Bonchev–Trinajstić information content (AvgIpc) is 3.08. The van der Waals surface area contributed by atoms with Crippen molar-refractivity contribution in [3.8, 4) is 5.75 Å². The van der Waals surface area contributed by atoms with Crippen LogP contribution in [0.2, 0.25) is 0 Å². The number of halogens is 1. The Bertz CT molecular complexity index is 904. The third-order valence-corrected chi connectivity index (χ3v) is 5.16. The van der Waals surface area contributed by atoms with Gasteiger partial charge in [0.2, 0.25) is 11.0 Å². The lowest BCUT2D eigenvalue weighted by Gasteiger charge is -2.07. The predicted molar refractivity (Wildman–Crippen MR) is 102 cm³/mol. The van der Waals surface area contributed by atoms with Crippen molar-refractivity contribution in [1.29, 1.82) is 0 Å². The number of hydrogen-bond donors (Lipinski definition) is 2. The molecule has 26 heavy (non-hydrogen) atoms. The molecule has 0 saturated carbocycles. The normalized spacial score (nSPS) is 10.4. The summed E-state index contributed by atoms with van der Waals surface area (Å²) in [7, 11) is 1.60. The maximum absolute atomic E-state index is 13.1. The standard InChI is InChI=1S/C17H15FN4O2S2/c1-24-14-8-3-2-7-13(14)20-16-21-22-17(26-16)25-10-15(23)19-12-6-4-5-11(18)9-12/h2-9H,10H2,1H3,(H,19,23)(H,20,21). The first kappa shape index (κ1) is 18.2. The van der Waals surface area contributed by atoms with Gasteiger partial charge in [0.25, 0.3) is 0 Å². The molecule has 0 aliphatic heterocycles. The zero-order valence-electron chi connectivity index (χ0n) is 13.7. The molecule has 2 aromatic carbocycles. The van der Waals surface area contributed by atoms with E-state index in [0.717, 1.165) is 5.69 Å². The largest absolute Gasteiger partial charge is 0.495 e. The highest BCUT2D eigenvalue weighted by Crippen LogP contribution is 2.31. The van der Waals surface area contributed by atoms with Crippen LogP contribution in [0.25, 0.3) is 0 Å². The van der Waals surface area contributed by atoms with Gasteiger partial charge in [0.15, 0.2) is 4.34 Å². The molecule has 1 heterocycles. The van der Waals surface area contributed by atoms with E-state index in [-0.39, 0.29) is 11.7 Å². The number of rotatable bonds is 7. The number of para-hydroxylation sites is 2. The molecule has 0 bridgehead atoms. The number of carbonyl (C=O) groups excluding carboxylic acids is 1. The topological polar surface area (TPSA) is 76.1 Å². The highest BCUT2D eigenvalue weighted by Gasteiger charge is 2.10. The van der Waals surface area contributed by atoms with Crippen molar-refractivity contribution in [2.24, 2.45) is 0 Å². The maximum atomic E-state index is 13.1. The van der Waals surface area contributed by atoms with Crippen molar-refractivity contribution < 1.29 is 13.9 Å². The van der Waals surface area contributed by atoms with E-state index in [1.54, 1.807) is 19.2 Å². The SMILES string of the molecule is COc1ccccc1Nc1nnc(SCC(=O)Nc2cccc(F)c2)s1. The molecule has 0 radical (unpaired) electrons. The van der Waals surface area contributed by atoms with Crippen LogP contribution >= 0.6 is 23.1 Å². The molecule has 3 aromatic rings. The van der Waals surface area contributed by atoms with E-state index < -0.39 is 5.82 Å². The highest BCUT2D eigenvalue weighted by molar-refractivity contribution is 8.01. The Hall–Kier alpha value is -2.65. The number of hydrogen-bond acceptors (Lipinski definition) is 7. The minimum atomic E-state index is -0.397. The van der Waals surface area contributed by atoms with Gasteiger partial charge >= 0.3 is 0 Å². The van der Waals surface area contributed by atoms with E-state index in [9.17, 15) is 9.18 Å². The summed E-state index contributed by atoms with van der Waals surface area (Å²) in [5.41, 5.74) is 1.21. The number of anilines is 3. The van der Waals surface area contributed by atoms with E-state index in [1.807, 2.05) is 24.3 Å². The Kier molecular flexibility index (Phi) is 6.03. The molecule has 134 valence electrons. The van der Waals surface area contributed by atoms with Crippen molar-refractivity contribution in [3.63, 3.8) is 0 Å². The third kappa shape index (κ3) is 4.93. The number of thioether (sulfide) groups is 1. The summed E-state index contributed by atoms with van der Waals surface area (Å²) in [6.07, 6.45) is 0. The van der Waals surface area contributed by atoms with Gasteiger partial charge in [0.1, 0.15) is 11.6 Å². The third-order valence-electron chi connectivity index (χ3n) is 3.19. The molecule has 0 aliphatic rings. The molecule has 0 fully saturated rings. The molecule has 0 atom stereocenters. The number of nitrogens with zero attached hydrogens (tertiary/aromatic N) is 2. The Labute approximate surface area is 157 Å². The maximum Gasteiger partial charge on any atom is 0.234 e. The summed E-state index contributed by atoms with van der Waals surface area (Å²) in [5, 5.41) is 14.5. The first-order valence-corrected chi connectivity index (χ1v) is 9.36. The smallest absolute Gasteiger partial charge is 0.234 e. The van der Waals surface area contributed by atoms with Crippen molar-refractivity contribution in [1.82, 2.24) is 10.2 Å². The molecule has 6 nitrogen and oxygen atoms in total. The highest BCUT2D eigenvalue weighted by atomic mass is 32.2. The molecule has 9 heteroatoms. The zero-order chi connectivity index (χ0) is 18.4. The molecule has 0 unspecified atom stereocenters. The molecule has 2 N–H and O–H groups in total. The van der Waals surface area contributed by atoms with Gasteiger partial charge in [-0.1, -0.05) is 41.3 Å². The number of benzene rings is 2. The lowest BCUT2D eigenvalue weighted by atomic mass is 10.3. The van der Waals surface area contributed by atoms with Crippen LogP contribution in [0.3, 0.4) is 0 Å². The van der Waals surface area contributed by atoms with E-state index in [0.29, 0.717) is 20.9 Å². The molecule has 0 saturated heterocycles. The first-order valence-electron chi connectivity index (χ1n) is 7.56. The van der Waals surface area contributed by atoms with Gasteiger partial charge < -0.3 is 15.4 Å². The molecule has 1 aromatic heterocycles. The molecule has 3 rings (SSSR count). The number of nitrogens with one attached hydrogen (secondary N) is 2. The monoisotopic (exact) mass is 390 g/mol. The van der Waals surface area contributed by atoms with Crippen molar-refractivity contribution >= 4 is 45.5 Å². The van der Waals surface area contributed by atoms with Crippen LogP contribution in [0, 0.1) is 5.82 Å². The van der Waals surface area contributed by atoms with Crippen molar-refractivity contribution in [3.05, 3.63) is 54.3 Å². The van der Waals surface area contributed by atoms with Gasteiger partial charge in [0, 0.05) is 5.69 Å². The number of amides is 1. The molecule has 0 aliphatic carbocycles. The minimum absolute atomic E-state index is 0.153. The van der Waals surface area contributed by atoms with Crippen LogP contribution in [0.15, 0.2) is 52.9 Å². The first-order chi connectivity index (χ1) is 12.6. The van der Waals surface area contributed by atoms with Crippen molar-refractivity contribution in [2.75, 3.05) is 23.5 Å². The Morgan fingerprint density at radius 2 is 2.08 bits per heavy atom. The molecule has 1 amide bonds. The quantitative estimate of drug-likeness (QED) is 0.590. The van der Waals surface area contributed by atoms with Gasteiger partial charge in [0.05, 0.1) is 18.6 Å². The minimum Gasteiger partial charge on any atom is -0.495 e. The summed E-state index contributed by atoms with van der Waals surface area (Å²) in [5.74, 6) is 0.216. The number of ether oxygens (including phenoxy) is 1.